The van der Waals surface area contributed by atoms with Gasteiger partial charge in [0.2, 0.25) is 0 Å². The van der Waals surface area contributed by atoms with Crippen LogP contribution in [0.3, 0.4) is 0 Å². The molecule has 0 radical (unpaired) electrons. The summed E-state index contributed by atoms with van der Waals surface area (Å²) in [5, 5.41) is 11.3. The standard InChI is InChI=1S/C21H16F3N3O4/c1-2-20(30)12-6-16-17-10(7-27(16)18(28)11(12)8-31-19(20)29)3-9-4-14(25)13(21(22,23)24)5-15(9)26-17/h3-6,30H,2,7-8,25H2,1H3/t20-/m0/s1. The van der Waals surface area contributed by atoms with Gasteiger partial charge in [-0.1, -0.05) is 6.92 Å². The molecule has 4 heterocycles. The molecule has 160 valence electrons. The molecule has 1 aromatic carbocycles. The van der Waals surface area contributed by atoms with E-state index in [2.05, 4.69) is 4.98 Å². The highest BCUT2D eigenvalue weighted by Gasteiger charge is 2.45. The number of cyclic esters (lactones) is 1. The number of pyridine rings is 2. The van der Waals surface area contributed by atoms with Crippen molar-refractivity contribution in [2.75, 3.05) is 5.73 Å². The van der Waals surface area contributed by atoms with E-state index in [0.717, 1.165) is 6.07 Å². The van der Waals surface area contributed by atoms with Crippen LogP contribution in [0, 0.1) is 0 Å². The number of nitrogens with two attached hydrogens (primary N) is 1. The van der Waals surface area contributed by atoms with E-state index in [1.54, 1.807) is 13.0 Å². The van der Waals surface area contributed by atoms with E-state index in [1.807, 2.05) is 0 Å². The minimum atomic E-state index is -4.63. The van der Waals surface area contributed by atoms with Crippen molar-refractivity contribution < 1.29 is 27.8 Å². The van der Waals surface area contributed by atoms with Crippen molar-refractivity contribution in [1.29, 1.82) is 0 Å². The zero-order valence-corrected chi connectivity index (χ0v) is 16.2. The highest BCUT2D eigenvalue weighted by molar-refractivity contribution is 5.88. The SMILES string of the molecule is CC[C@@]1(O)C(=O)OCc2c1cc1n(c2=O)Cc2cc3cc(N)c(C(F)(F)F)cc3nc2-1. The predicted octanol–water partition coefficient (Wildman–Crippen LogP) is 2.68. The highest BCUT2D eigenvalue weighted by Crippen LogP contribution is 2.40. The van der Waals surface area contributed by atoms with Crippen molar-refractivity contribution in [1.82, 2.24) is 9.55 Å². The van der Waals surface area contributed by atoms with Gasteiger partial charge in [0.25, 0.3) is 5.56 Å². The number of carbonyl (C=O) groups excluding carboxylic acids is 1. The predicted molar refractivity (Wildman–Crippen MR) is 104 cm³/mol. The Kier molecular flexibility index (Phi) is 3.83. The number of benzene rings is 1. The summed E-state index contributed by atoms with van der Waals surface area (Å²) in [5.41, 5.74) is 3.44. The Hall–Kier alpha value is -3.40. The molecule has 0 saturated heterocycles. The van der Waals surface area contributed by atoms with Gasteiger partial charge in [-0.2, -0.15) is 13.2 Å². The van der Waals surface area contributed by atoms with Crippen molar-refractivity contribution in [3.8, 4) is 11.4 Å². The third kappa shape index (κ3) is 2.61. The monoisotopic (exact) mass is 431 g/mol. The number of hydrogen-bond acceptors (Lipinski definition) is 6. The minimum absolute atomic E-state index is 0.00600. The van der Waals surface area contributed by atoms with Crippen molar-refractivity contribution >= 4 is 22.6 Å². The highest BCUT2D eigenvalue weighted by atomic mass is 19.4. The molecule has 3 N–H and O–H groups in total. The number of ether oxygens (including phenoxy) is 1. The first-order valence-electron chi connectivity index (χ1n) is 9.52. The normalized spacial score (nSPS) is 19.7. The Morgan fingerprint density at radius 1 is 1.26 bits per heavy atom. The Morgan fingerprint density at radius 3 is 2.68 bits per heavy atom. The van der Waals surface area contributed by atoms with E-state index in [4.69, 9.17) is 10.5 Å². The first kappa shape index (κ1) is 19.6. The average Bonchev–Trinajstić information content (AvgIpc) is 3.06. The quantitative estimate of drug-likeness (QED) is 0.355. The van der Waals surface area contributed by atoms with Crippen LogP contribution >= 0.6 is 0 Å². The van der Waals surface area contributed by atoms with Crippen LogP contribution in [0.25, 0.3) is 22.3 Å². The van der Waals surface area contributed by atoms with Crippen LogP contribution in [-0.2, 0) is 34.5 Å². The first-order valence-corrected chi connectivity index (χ1v) is 9.52. The summed E-state index contributed by atoms with van der Waals surface area (Å²) in [5.74, 6) is -0.846. The molecule has 0 unspecified atom stereocenters. The lowest BCUT2D eigenvalue weighted by Crippen LogP contribution is -2.44. The number of aromatic nitrogens is 2. The number of halogens is 3. The van der Waals surface area contributed by atoms with Crippen molar-refractivity contribution in [2.45, 2.75) is 38.3 Å². The number of esters is 1. The molecular weight excluding hydrogens is 415 g/mol. The summed E-state index contributed by atoms with van der Waals surface area (Å²) < 4.78 is 46.2. The molecule has 0 spiro atoms. The van der Waals surface area contributed by atoms with Crippen LogP contribution in [0.15, 0.2) is 29.1 Å². The van der Waals surface area contributed by atoms with Crippen LogP contribution in [0.2, 0.25) is 0 Å². The minimum Gasteiger partial charge on any atom is -0.458 e. The lowest BCUT2D eigenvalue weighted by Gasteiger charge is -2.31. The zero-order valence-electron chi connectivity index (χ0n) is 16.2. The summed E-state index contributed by atoms with van der Waals surface area (Å²) in [4.78, 5) is 29.7. The van der Waals surface area contributed by atoms with Gasteiger partial charge in [0.05, 0.1) is 34.6 Å². The molecule has 2 aliphatic rings. The Bertz CT molecular complexity index is 1360. The summed E-state index contributed by atoms with van der Waals surface area (Å²) in [7, 11) is 0. The van der Waals surface area contributed by atoms with Crippen LogP contribution < -0.4 is 11.3 Å². The Morgan fingerprint density at radius 2 is 2.00 bits per heavy atom. The maximum atomic E-state index is 13.3. The van der Waals surface area contributed by atoms with Gasteiger partial charge in [-0.15, -0.1) is 0 Å². The molecule has 3 aromatic rings. The number of fused-ring (bicyclic) bond motifs is 5. The third-order valence-electron chi connectivity index (χ3n) is 5.98. The fourth-order valence-electron chi connectivity index (χ4n) is 4.29. The fourth-order valence-corrected chi connectivity index (χ4v) is 4.29. The Labute approximate surface area is 172 Å². The molecule has 31 heavy (non-hydrogen) atoms. The summed E-state index contributed by atoms with van der Waals surface area (Å²) in [6.45, 7) is 1.48. The van der Waals surface area contributed by atoms with Crippen LogP contribution in [-0.4, -0.2) is 20.6 Å². The van der Waals surface area contributed by atoms with E-state index in [9.17, 15) is 27.9 Å². The second kappa shape index (κ2) is 6.07. The molecule has 0 saturated carbocycles. The number of anilines is 1. The number of hydrogen-bond donors (Lipinski definition) is 2. The number of carbonyl (C=O) groups is 1. The zero-order chi connectivity index (χ0) is 22.3. The van der Waals surface area contributed by atoms with E-state index >= 15 is 0 Å². The van der Waals surface area contributed by atoms with Crippen LogP contribution in [0.1, 0.15) is 35.6 Å². The molecule has 5 rings (SSSR count). The van der Waals surface area contributed by atoms with E-state index in [-0.39, 0.29) is 36.2 Å². The van der Waals surface area contributed by atoms with E-state index in [1.165, 1.54) is 16.7 Å². The topological polar surface area (TPSA) is 107 Å². The van der Waals surface area contributed by atoms with Crippen molar-refractivity contribution in [2.24, 2.45) is 0 Å². The van der Waals surface area contributed by atoms with Gasteiger partial charge < -0.3 is 20.1 Å². The summed E-state index contributed by atoms with van der Waals surface area (Å²) in [6, 6.07) is 5.25. The van der Waals surface area contributed by atoms with Gasteiger partial charge in [0, 0.05) is 22.2 Å². The molecule has 0 bridgehead atoms. The molecule has 2 aromatic heterocycles. The average molecular weight is 431 g/mol. The van der Waals surface area contributed by atoms with Gasteiger partial charge >= 0.3 is 12.1 Å². The number of alkyl halides is 3. The van der Waals surface area contributed by atoms with Gasteiger partial charge in [-0.05, 0) is 30.7 Å². The number of nitrogen functional groups attached to an aromatic ring is 1. The maximum Gasteiger partial charge on any atom is 0.418 e. The third-order valence-corrected chi connectivity index (χ3v) is 5.98. The van der Waals surface area contributed by atoms with Gasteiger partial charge in [0.1, 0.15) is 6.61 Å². The van der Waals surface area contributed by atoms with E-state index < -0.39 is 34.6 Å². The number of rotatable bonds is 1. The molecule has 10 heteroatoms. The van der Waals surface area contributed by atoms with E-state index in [0.29, 0.717) is 22.3 Å². The Balaban J connectivity index is 1.77. The van der Waals surface area contributed by atoms with Crippen LogP contribution in [0.5, 0.6) is 0 Å². The largest absolute Gasteiger partial charge is 0.458 e. The molecule has 7 nitrogen and oxygen atoms in total. The second-order valence-corrected chi connectivity index (χ2v) is 7.73. The first-order chi connectivity index (χ1) is 14.5. The number of aliphatic hydroxyl groups is 1. The smallest absolute Gasteiger partial charge is 0.418 e. The molecule has 1 atom stereocenters. The van der Waals surface area contributed by atoms with Crippen molar-refractivity contribution in [3.05, 3.63) is 56.9 Å². The van der Waals surface area contributed by atoms with Gasteiger partial charge in [0.15, 0.2) is 5.60 Å². The number of nitrogens with zero attached hydrogens (tertiary/aromatic N) is 2. The maximum absolute atomic E-state index is 13.3. The lowest BCUT2D eigenvalue weighted by molar-refractivity contribution is -0.172. The lowest BCUT2D eigenvalue weighted by atomic mass is 9.86. The molecule has 0 aliphatic carbocycles. The molecular formula is C21H16F3N3O4. The molecule has 2 aliphatic heterocycles. The molecule has 0 amide bonds. The summed E-state index contributed by atoms with van der Waals surface area (Å²) >= 11 is 0. The van der Waals surface area contributed by atoms with Crippen molar-refractivity contribution in [3.63, 3.8) is 0 Å². The molecule has 0 fully saturated rings. The van der Waals surface area contributed by atoms with Crippen LogP contribution in [0.4, 0.5) is 18.9 Å². The van der Waals surface area contributed by atoms with Gasteiger partial charge in [-0.3, -0.25) is 4.79 Å². The summed E-state index contributed by atoms with van der Waals surface area (Å²) in [6.07, 6.45) is -4.64. The second-order valence-electron chi connectivity index (χ2n) is 7.73. The fraction of sp³-hybridized carbons (Fsp3) is 0.286. The van der Waals surface area contributed by atoms with Gasteiger partial charge in [-0.25, -0.2) is 9.78 Å².